The van der Waals surface area contributed by atoms with Gasteiger partial charge in [0.1, 0.15) is 0 Å². The van der Waals surface area contributed by atoms with Gasteiger partial charge in [0, 0.05) is 31.3 Å². The molecule has 3 nitrogen and oxygen atoms in total. The molecule has 0 saturated heterocycles. The van der Waals surface area contributed by atoms with E-state index >= 15 is 0 Å². The smallest absolute Gasteiger partial charge is 0.313 e. The van der Waals surface area contributed by atoms with Crippen LogP contribution in [0.3, 0.4) is 0 Å². The van der Waals surface area contributed by atoms with Gasteiger partial charge in [-0.3, -0.25) is 4.68 Å². The number of rotatable bonds is 6. The van der Waals surface area contributed by atoms with E-state index in [0.717, 1.165) is 17.7 Å². The lowest BCUT2D eigenvalue weighted by atomic mass is 10.0. The van der Waals surface area contributed by atoms with E-state index in [2.05, 4.69) is 10.4 Å². The number of hydrogen-bond donors (Lipinski definition) is 1. The third kappa shape index (κ3) is 4.33. The van der Waals surface area contributed by atoms with E-state index in [9.17, 15) is 13.2 Å². The molecule has 0 amide bonds. The first-order valence-corrected chi connectivity index (χ1v) is 6.13. The van der Waals surface area contributed by atoms with Crippen molar-refractivity contribution in [1.82, 2.24) is 15.1 Å². The van der Waals surface area contributed by atoms with Gasteiger partial charge >= 0.3 is 6.18 Å². The summed E-state index contributed by atoms with van der Waals surface area (Å²) in [6, 6.07) is -0.0593. The summed E-state index contributed by atoms with van der Waals surface area (Å²) in [5, 5.41) is 7.38. The highest BCUT2D eigenvalue weighted by Crippen LogP contribution is 2.27. The van der Waals surface area contributed by atoms with E-state index in [0.29, 0.717) is 6.42 Å². The molecule has 0 bridgehead atoms. The molecule has 0 saturated carbocycles. The van der Waals surface area contributed by atoms with E-state index in [1.54, 1.807) is 11.7 Å². The van der Waals surface area contributed by atoms with Gasteiger partial charge in [0.15, 0.2) is 0 Å². The van der Waals surface area contributed by atoms with E-state index in [4.69, 9.17) is 0 Å². The third-order valence-electron chi connectivity index (χ3n) is 2.95. The van der Waals surface area contributed by atoms with Crippen LogP contribution < -0.4 is 5.32 Å². The average Bonchev–Trinajstić information content (AvgIpc) is 2.64. The summed E-state index contributed by atoms with van der Waals surface area (Å²) in [7, 11) is 3.59. The Hall–Kier alpha value is -1.04. The minimum Gasteiger partial charge on any atom is -0.313 e. The third-order valence-corrected chi connectivity index (χ3v) is 2.95. The van der Waals surface area contributed by atoms with Crippen LogP contribution in [0, 0.1) is 0 Å². The fourth-order valence-corrected chi connectivity index (χ4v) is 2.08. The van der Waals surface area contributed by atoms with Gasteiger partial charge < -0.3 is 5.32 Å². The van der Waals surface area contributed by atoms with E-state index in [1.165, 1.54) is 0 Å². The SMILES string of the molecule is CCc1nn(C)cc1C(CCCC(F)(F)F)NC. The van der Waals surface area contributed by atoms with Gasteiger partial charge in [-0.1, -0.05) is 6.92 Å². The van der Waals surface area contributed by atoms with Gasteiger partial charge in [-0.2, -0.15) is 18.3 Å². The fraction of sp³-hybridized carbons (Fsp3) is 0.750. The van der Waals surface area contributed by atoms with Crippen molar-refractivity contribution in [3.05, 3.63) is 17.5 Å². The molecular weight excluding hydrogens is 243 g/mol. The highest BCUT2D eigenvalue weighted by Gasteiger charge is 2.27. The molecule has 0 aliphatic rings. The minimum absolute atomic E-state index is 0.0593. The maximum absolute atomic E-state index is 12.1. The summed E-state index contributed by atoms with van der Waals surface area (Å²) in [5.74, 6) is 0. The molecule has 0 fully saturated rings. The van der Waals surface area contributed by atoms with E-state index in [1.807, 2.05) is 20.2 Å². The Kier molecular flexibility index (Phi) is 5.19. The summed E-state index contributed by atoms with van der Waals surface area (Å²) in [6.07, 6.45) is -1.53. The zero-order valence-electron chi connectivity index (χ0n) is 11.0. The molecule has 1 atom stereocenters. The number of aromatic nitrogens is 2. The summed E-state index contributed by atoms with van der Waals surface area (Å²) in [5.41, 5.74) is 1.95. The largest absolute Gasteiger partial charge is 0.389 e. The van der Waals surface area contributed by atoms with Crippen LogP contribution in [0.1, 0.15) is 43.5 Å². The molecular formula is C12H20F3N3. The van der Waals surface area contributed by atoms with Crippen molar-refractivity contribution in [2.75, 3.05) is 7.05 Å². The molecule has 1 aromatic heterocycles. The summed E-state index contributed by atoms with van der Waals surface area (Å²) in [6.45, 7) is 1.99. The summed E-state index contributed by atoms with van der Waals surface area (Å²) >= 11 is 0. The van der Waals surface area contributed by atoms with Crippen LogP contribution in [0.4, 0.5) is 13.2 Å². The molecule has 1 aromatic rings. The maximum Gasteiger partial charge on any atom is 0.389 e. The molecule has 104 valence electrons. The van der Waals surface area contributed by atoms with Gasteiger partial charge in [-0.15, -0.1) is 0 Å². The first-order chi connectivity index (χ1) is 8.37. The molecule has 6 heteroatoms. The van der Waals surface area contributed by atoms with Gasteiger partial charge in [-0.05, 0) is 26.3 Å². The molecule has 0 aliphatic carbocycles. The van der Waals surface area contributed by atoms with Gasteiger partial charge in [0.25, 0.3) is 0 Å². The predicted molar refractivity (Wildman–Crippen MR) is 64.3 cm³/mol. The molecule has 1 unspecified atom stereocenters. The van der Waals surface area contributed by atoms with Gasteiger partial charge in [0.05, 0.1) is 5.69 Å². The number of alkyl halides is 3. The predicted octanol–water partition coefficient (Wildman–Crippen LogP) is 2.98. The Labute approximate surface area is 105 Å². The Morgan fingerprint density at radius 3 is 2.61 bits per heavy atom. The van der Waals surface area contributed by atoms with Crippen LogP contribution in [0.5, 0.6) is 0 Å². The van der Waals surface area contributed by atoms with E-state index in [-0.39, 0.29) is 12.5 Å². The first-order valence-electron chi connectivity index (χ1n) is 6.13. The van der Waals surface area contributed by atoms with Crippen LogP contribution >= 0.6 is 0 Å². The minimum atomic E-state index is -4.07. The maximum atomic E-state index is 12.1. The molecule has 18 heavy (non-hydrogen) atoms. The average molecular weight is 263 g/mol. The summed E-state index contributed by atoms with van der Waals surface area (Å²) < 4.78 is 38.1. The van der Waals surface area contributed by atoms with Crippen molar-refractivity contribution in [1.29, 1.82) is 0 Å². The first kappa shape index (κ1) is 15.0. The van der Waals surface area contributed by atoms with Crippen LogP contribution in [0.15, 0.2) is 6.20 Å². The lowest BCUT2D eigenvalue weighted by molar-refractivity contribution is -0.135. The second kappa shape index (κ2) is 6.22. The van der Waals surface area contributed by atoms with Crippen molar-refractivity contribution in [2.45, 2.75) is 44.8 Å². The van der Waals surface area contributed by atoms with Gasteiger partial charge in [0.2, 0.25) is 0 Å². The normalized spacial score (nSPS) is 13.9. The Morgan fingerprint density at radius 1 is 1.44 bits per heavy atom. The number of aryl methyl sites for hydroxylation is 2. The molecule has 1 N–H and O–H groups in total. The lowest BCUT2D eigenvalue weighted by Crippen LogP contribution is -2.18. The second-order valence-electron chi connectivity index (χ2n) is 4.41. The molecule has 0 spiro atoms. The van der Waals surface area contributed by atoms with Crippen LogP contribution in [-0.2, 0) is 13.5 Å². The van der Waals surface area contributed by atoms with E-state index < -0.39 is 12.6 Å². The highest BCUT2D eigenvalue weighted by atomic mass is 19.4. The van der Waals surface area contributed by atoms with Crippen molar-refractivity contribution in [3.8, 4) is 0 Å². The Bertz CT molecular complexity index is 371. The zero-order valence-corrected chi connectivity index (χ0v) is 11.0. The number of halogens is 3. The second-order valence-corrected chi connectivity index (χ2v) is 4.41. The highest BCUT2D eigenvalue weighted by molar-refractivity contribution is 5.21. The Morgan fingerprint density at radius 2 is 2.11 bits per heavy atom. The van der Waals surface area contributed by atoms with Crippen molar-refractivity contribution < 1.29 is 13.2 Å². The van der Waals surface area contributed by atoms with Crippen LogP contribution in [0.2, 0.25) is 0 Å². The quantitative estimate of drug-likeness (QED) is 0.855. The number of nitrogens with one attached hydrogen (secondary N) is 1. The molecule has 0 aliphatic heterocycles. The molecule has 1 heterocycles. The lowest BCUT2D eigenvalue weighted by Gasteiger charge is -2.16. The van der Waals surface area contributed by atoms with Crippen molar-refractivity contribution in [2.24, 2.45) is 7.05 Å². The standard InChI is InChI=1S/C12H20F3N3/c1-4-10-9(8-18(3)17-10)11(16-2)6-5-7-12(13,14)15/h8,11,16H,4-7H2,1-3H3. The van der Waals surface area contributed by atoms with Crippen LogP contribution in [0.25, 0.3) is 0 Å². The van der Waals surface area contributed by atoms with Gasteiger partial charge in [-0.25, -0.2) is 0 Å². The monoisotopic (exact) mass is 263 g/mol. The van der Waals surface area contributed by atoms with Crippen molar-refractivity contribution in [3.63, 3.8) is 0 Å². The van der Waals surface area contributed by atoms with Crippen LogP contribution in [-0.4, -0.2) is 23.0 Å². The summed E-state index contributed by atoms with van der Waals surface area (Å²) in [4.78, 5) is 0. The topological polar surface area (TPSA) is 29.9 Å². The number of nitrogens with zero attached hydrogens (tertiary/aromatic N) is 2. The number of hydrogen-bond acceptors (Lipinski definition) is 2. The molecule has 1 rings (SSSR count). The zero-order chi connectivity index (χ0) is 13.8. The molecule has 0 radical (unpaired) electrons. The Balaban J connectivity index is 2.65. The molecule has 0 aromatic carbocycles. The fourth-order valence-electron chi connectivity index (χ4n) is 2.08. The van der Waals surface area contributed by atoms with Crippen molar-refractivity contribution >= 4 is 0 Å².